The van der Waals surface area contributed by atoms with Gasteiger partial charge in [-0.1, -0.05) is 12.1 Å². The Morgan fingerprint density at radius 1 is 1.33 bits per heavy atom. The first-order chi connectivity index (χ1) is 10.0. The van der Waals surface area contributed by atoms with Crippen LogP contribution in [0.25, 0.3) is 0 Å². The number of hydrogen-bond donors (Lipinski definition) is 3. The topological polar surface area (TPSA) is 81.7 Å². The van der Waals surface area contributed by atoms with Crippen LogP contribution >= 0.6 is 0 Å². The molecule has 0 radical (unpaired) electrons. The molecule has 1 aromatic carbocycles. The van der Waals surface area contributed by atoms with Gasteiger partial charge in [0, 0.05) is 18.3 Å². The number of carbonyl (C=O) groups is 2. The zero-order chi connectivity index (χ0) is 15.2. The minimum atomic E-state index is -0.867. The fourth-order valence-electron chi connectivity index (χ4n) is 2.50. The summed E-state index contributed by atoms with van der Waals surface area (Å²) in [5, 5.41) is 14.3. The predicted molar refractivity (Wildman–Crippen MR) is 80.5 cm³/mol. The molecule has 21 heavy (non-hydrogen) atoms. The molecule has 6 heteroatoms. The molecule has 6 nitrogen and oxygen atoms in total. The van der Waals surface area contributed by atoms with E-state index < -0.39 is 5.97 Å². The lowest BCUT2D eigenvalue weighted by molar-refractivity contribution is -0.136. The van der Waals surface area contributed by atoms with Crippen molar-refractivity contribution in [3.63, 3.8) is 0 Å². The number of carbonyl (C=O) groups excluding carboxylic acids is 1. The van der Waals surface area contributed by atoms with E-state index in [2.05, 4.69) is 22.6 Å². The van der Waals surface area contributed by atoms with E-state index >= 15 is 0 Å². The second kappa shape index (κ2) is 7.08. The molecule has 0 saturated carbocycles. The van der Waals surface area contributed by atoms with E-state index in [4.69, 9.17) is 5.11 Å². The minimum Gasteiger partial charge on any atom is -0.481 e. The van der Waals surface area contributed by atoms with Crippen LogP contribution in [0.2, 0.25) is 0 Å². The SMILES string of the molecule is CN1CCCC1CNC(=O)Nc1ccc(CC(=O)O)cc1. The quantitative estimate of drug-likeness (QED) is 0.768. The van der Waals surface area contributed by atoms with Crippen LogP contribution < -0.4 is 10.6 Å². The van der Waals surface area contributed by atoms with E-state index in [-0.39, 0.29) is 12.5 Å². The van der Waals surface area contributed by atoms with Crippen LogP contribution in [0.15, 0.2) is 24.3 Å². The fourth-order valence-corrected chi connectivity index (χ4v) is 2.50. The highest BCUT2D eigenvalue weighted by Crippen LogP contribution is 2.14. The summed E-state index contributed by atoms with van der Waals surface area (Å²) in [6, 6.07) is 7.00. The van der Waals surface area contributed by atoms with Crippen LogP contribution in [-0.4, -0.2) is 48.2 Å². The number of aliphatic carboxylic acids is 1. The van der Waals surface area contributed by atoms with Crippen LogP contribution in [0.4, 0.5) is 10.5 Å². The molecule has 1 unspecified atom stereocenters. The second-order valence-electron chi connectivity index (χ2n) is 5.38. The van der Waals surface area contributed by atoms with Crippen molar-refractivity contribution in [2.45, 2.75) is 25.3 Å². The number of nitrogens with zero attached hydrogens (tertiary/aromatic N) is 1. The maximum atomic E-state index is 11.8. The molecule has 2 amide bonds. The van der Waals surface area contributed by atoms with Crippen molar-refractivity contribution >= 4 is 17.7 Å². The third-order valence-corrected chi connectivity index (χ3v) is 3.74. The van der Waals surface area contributed by atoms with Crippen molar-refractivity contribution < 1.29 is 14.7 Å². The number of anilines is 1. The molecule has 3 N–H and O–H groups in total. The number of nitrogens with one attached hydrogen (secondary N) is 2. The van der Waals surface area contributed by atoms with Crippen molar-refractivity contribution in [3.05, 3.63) is 29.8 Å². The summed E-state index contributed by atoms with van der Waals surface area (Å²) in [5.74, 6) is -0.867. The Morgan fingerprint density at radius 2 is 2.05 bits per heavy atom. The molecule has 1 aliphatic rings. The van der Waals surface area contributed by atoms with Gasteiger partial charge in [0.1, 0.15) is 0 Å². The normalized spacial score (nSPS) is 18.4. The molecule has 0 aromatic heterocycles. The Labute approximate surface area is 124 Å². The molecule has 1 heterocycles. The Morgan fingerprint density at radius 3 is 2.62 bits per heavy atom. The third kappa shape index (κ3) is 4.75. The van der Waals surface area contributed by atoms with Crippen LogP contribution in [-0.2, 0) is 11.2 Å². The van der Waals surface area contributed by atoms with Gasteiger partial charge in [-0.05, 0) is 44.1 Å². The average Bonchev–Trinajstić information content (AvgIpc) is 2.84. The van der Waals surface area contributed by atoms with E-state index in [9.17, 15) is 9.59 Å². The smallest absolute Gasteiger partial charge is 0.319 e. The highest BCUT2D eigenvalue weighted by atomic mass is 16.4. The largest absolute Gasteiger partial charge is 0.481 e. The molecule has 1 saturated heterocycles. The Bertz CT molecular complexity index is 501. The van der Waals surface area contributed by atoms with Gasteiger partial charge in [0.25, 0.3) is 0 Å². The van der Waals surface area contributed by atoms with Gasteiger partial charge >= 0.3 is 12.0 Å². The maximum Gasteiger partial charge on any atom is 0.319 e. The number of carboxylic acids is 1. The van der Waals surface area contributed by atoms with E-state index in [0.29, 0.717) is 23.8 Å². The second-order valence-corrected chi connectivity index (χ2v) is 5.38. The zero-order valence-corrected chi connectivity index (χ0v) is 12.1. The lowest BCUT2D eigenvalue weighted by atomic mass is 10.1. The lowest BCUT2D eigenvalue weighted by Crippen LogP contribution is -2.40. The summed E-state index contributed by atoms with van der Waals surface area (Å²) < 4.78 is 0. The maximum absolute atomic E-state index is 11.8. The number of rotatable bonds is 5. The first-order valence-corrected chi connectivity index (χ1v) is 7.10. The standard InChI is InChI=1S/C15H21N3O3/c1-18-8-2-3-13(18)10-16-15(21)17-12-6-4-11(5-7-12)9-14(19)20/h4-7,13H,2-3,8-10H2,1H3,(H,19,20)(H2,16,17,21). The highest BCUT2D eigenvalue weighted by Gasteiger charge is 2.20. The Hall–Kier alpha value is -2.08. The number of likely N-dealkylation sites (N-methyl/N-ethyl adjacent to an activating group) is 1. The van der Waals surface area contributed by atoms with Gasteiger partial charge in [-0.3, -0.25) is 4.79 Å². The summed E-state index contributed by atoms with van der Waals surface area (Å²) in [5.41, 5.74) is 1.36. The number of amides is 2. The summed E-state index contributed by atoms with van der Waals surface area (Å²) in [4.78, 5) is 24.6. The van der Waals surface area contributed by atoms with Gasteiger partial charge in [-0.2, -0.15) is 0 Å². The van der Waals surface area contributed by atoms with E-state index in [1.54, 1.807) is 24.3 Å². The van der Waals surface area contributed by atoms with Crippen molar-refractivity contribution in [1.82, 2.24) is 10.2 Å². The number of hydrogen-bond acceptors (Lipinski definition) is 3. The molecular weight excluding hydrogens is 270 g/mol. The third-order valence-electron chi connectivity index (χ3n) is 3.74. The average molecular weight is 291 g/mol. The van der Waals surface area contributed by atoms with Gasteiger partial charge < -0.3 is 20.6 Å². The van der Waals surface area contributed by atoms with Crippen LogP contribution in [0, 0.1) is 0 Å². The minimum absolute atomic E-state index is 0.0134. The molecule has 0 aliphatic carbocycles. The van der Waals surface area contributed by atoms with E-state index in [1.807, 2.05) is 0 Å². The number of benzene rings is 1. The summed E-state index contributed by atoms with van der Waals surface area (Å²) >= 11 is 0. The van der Waals surface area contributed by atoms with Gasteiger partial charge in [-0.15, -0.1) is 0 Å². The van der Waals surface area contributed by atoms with Gasteiger partial charge in [-0.25, -0.2) is 4.79 Å². The summed E-state index contributed by atoms with van der Waals surface area (Å²) in [6.45, 7) is 1.72. The molecule has 1 aliphatic heterocycles. The van der Waals surface area contributed by atoms with E-state index in [0.717, 1.165) is 13.0 Å². The lowest BCUT2D eigenvalue weighted by Gasteiger charge is -2.19. The highest BCUT2D eigenvalue weighted by molar-refractivity contribution is 5.89. The molecule has 114 valence electrons. The van der Waals surface area contributed by atoms with Crippen LogP contribution in [0.1, 0.15) is 18.4 Å². The first kappa shape index (κ1) is 15.3. The Balaban J connectivity index is 1.78. The molecule has 1 aromatic rings. The van der Waals surface area contributed by atoms with Crippen LogP contribution in [0.5, 0.6) is 0 Å². The monoisotopic (exact) mass is 291 g/mol. The fraction of sp³-hybridized carbons (Fsp3) is 0.467. The number of carboxylic acid groups (broad SMARTS) is 1. The van der Waals surface area contributed by atoms with Crippen molar-refractivity contribution in [3.8, 4) is 0 Å². The van der Waals surface area contributed by atoms with Crippen molar-refractivity contribution in [1.29, 1.82) is 0 Å². The summed E-state index contributed by atoms with van der Waals surface area (Å²) in [7, 11) is 2.07. The van der Waals surface area contributed by atoms with Gasteiger partial charge in [0.05, 0.1) is 6.42 Å². The zero-order valence-electron chi connectivity index (χ0n) is 12.1. The molecule has 1 atom stereocenters. The first-order valence-electron chi connectivity index (χ1n) is 7.10. The van der Waals surface area contributed by atoms with Crippen molar-refractivity contribution in [2.75, 3.05) is 25.5 Å². The molecular formula is C15H21N3O3. The van der Waals surface area contributed by atoms with Gasteiger partial charge in [0.15, 0.2) is 0 Å². The van der Waals surface area contributed by atoms with E-state index in [1.165, 1.54) is 6.42 Å². The van der Waals surface area contributed by atoms with Gasteiger partial charge in [0.2, 0.25) is 0 Å². The Kier molecular flexibility index (Phi) is 5.16. The van der Waals surface area contributed by atoms with Crippen molar-refractivity contribution in [2.24, 2.45) is 0 Å². The molecule has 0 spiro atoms. The molecule has 2 rings (SSSR count). The number of urea groups is 1. The summed E-state index contributed by atoms with van der Waals surface area (Å²) in [6.07, 6.45) is 2.27. The molecule has 0 bridgehead atoms. The predicted octanol–water partition coefficient (Wildman–Crippen LogP) is 1.53. The molecule has 1 fully saturated rings. The van der Waals surface area contributed by atoms with Crippen LogP contribution in [0.3, 0.4) is 0 Å². The number of likely N-dealkylation sites (tertiary alicyclic amines) is 1.